The summed E-state index contributed by atoms with van der Waals surface area (Å²) < 4.78 is 0. The van der Waals surface area contributed by atoms with E-state index in [0.29, 0.717) is 11.3 Å². The fraction of sp³-hybridized carbons (Fsp3) is 0.667. The summed E-state index contributed by atoms with van der Waals surface area (Å²) in [6.07, 6.45) is 11.8. The summed E-state index contributed by atoms with van der Waals surface area (Å²) in [7, 11) is 0. The number of aryl methyl sites for hydroxylation is 1. The van der Waals surface area contributed by atoms with E-state index >= 15 is 0 Å². The molecule has 1 atom stereocenters. The van der Waals surface area contributed by atoms with Gasteiger partial charge in [0.05, 0.1) is 11.6 Å². The zero-order valence-corrected chi connectivity index (χ0v) is 12.7. The molecule has 1 aliphatic heterocycles. The van der Waals surface area contributed by atoms with Crippen LogP contribution in [-0.4, -0.2) is 28.9 Å². The Labute approximate surface area is 126 Å². The van der Waals surface area contributed by atoms with Crippen LogP contribution in [-0.2, 0) is 11.2 Å². The molecule has 0 aromatic carbocycles. The third-order valence-corrected chi connectivity index (χ3v) is 5.77. The number of aromatic nitrogens is 1. The molecule has 3 heteroatoms. The lowest BCUT2D eigenvalue weighted by molar-refractivity contribution is -0.147. The van der Waals surface area contributed by atoms with E-state index in [0.717, 1.165) is 38.0 Å². The van der Waals surface area contributed by atoms with Crippen molar-refractivity contribution in [1.29, 1.82) is 0 Å². The van der Waals surface area contributed by atoms with E-state index in [9.17, 15) is 4.79 Å². The third-order valence-electron chi connectivity index (χ3n) is 5.77. The summed E-state index contributed by atoms with van der Waals surface area (Å²) in [4.78, 5) is 19.5. The maximum atomic E-state index is 12.9. The van der Waals surface area contributed by atoms with Gasteiger partial charge in [0.1, 0.15) is 0 Å². The van der Waals surface area contributed by atoms with Crippen molar-refractivity contribution in [2.24, 2.45) is 5.41 Å². The number of pyridine rings is 1. The molecular weight excluding hydrogens is 260 g/mol. The van der Waals surface area contributed by atoms with Gasteiger partial charge in [-0.25, -0.2) is 0 Å². The van der Waals surface area contributed by atoms with Crippen LogP contribution >= 0.6 is 0 Å². The molecular formula is C18H24N2O. The molecule has 1 aromatic rings. The molecule has 21 heavy (non-hydrogen) atoms. The lowest BCUT2D eigenvalue weighted by Gasteiger charge is -2.53. The quantitative estimate of drug-likeness (QED) is 0.793. The molecule has 1 saturated heterocycles. The van der Waals surface area contributed by atoms with Gasteiger partial charge in [-0.05, 0) is 43.7 Å². The standard InChI is InChI=1S/C18H24N2O/c21-17(20-12-18(13-20)9-2-1-3-10-18)15-8-4-6-14-7-5-11-19-16(14)15/h5,7,11,15H,1-4,6,8-10,12-13H2. The van der Waals surface area contributed by atoms with Crippen molar-refractivity contribution in [3.8, 4) is 0 Å². The topological polar surface area (TPSA) is 33.2 Å². The molecule has 1 unspecified atom stereocenters. The average Bonchev–Trinajstić information content (AvgIpc) is 2.52. The van der Waals surface area contributed by atoms with Gasteiger partial charge in [-0.3, -0.25) is 9.78 Å². The molecule has 0 N–H and O–H groups in total. The normalized spacial score (nSPS) is 27.0. The number of amides is 1. The van der Waals surface area contributed by atoms with E-state index in [1.54, 1.807) is 0 Å². The van der Waals surface area contributed by atoms with Crippen molar-refractivity contribution >= 4 is 5.91 Å². The number of hydrogen-bond donors (Lipinski definition) is 0. The highest BCUT2D eigenvalue weighted by molar-refractivity contribution is 5.84. The summed E-state index contributed by atoms with van der Waals surface area (Å²) >= 11 is 0. The Morgan fingerprint density at radius 1 is 1.19 bits per heavy atom. The van der Waals surface area contributed by atoms with Crippen LogP contribution in [0.3, 0.4) is 0 Å². The average molecular weight is 284 g/mol. The molecule has 1 aromatic heterocycles. The molecule has 3 aliphatic rings. The first-order valence-electron chi connectivity index (χ1n) is 8.50. The van der Waals surface area contributed by atoms with Gasteiger partial charge in [0, 0.05) is 24.7 Å². The predicted molar refractivity (Wildman–Crippen MR) is 82.0 cm³/mol. The van der Waals surface area contributed by atoms with Crippen LogP contribution in [0.25, 0.3) is 0 Å². The summed E-state index contributed by atoms with van der Waals surface area (Å²) in [5, 5.41) is 0. The second-order valence-electron chi connectivity index (χ2n) is 7.25. The van der Waals surface area contributed by atoms with Crippen LogP contribution in [0, 0.1) is 5.41 Å². The maximum absolute atomic E-state index is 12.9. The smallest absolute Gasteiger partial charge is 0.231 e. The van der Waals surface area contributed by atoms with Gasteiger partial charge < -0.3 is 4.90 Å². The summed E-state index contributed by atoms with van der Waals surface area (Å²) in [6, 6.07) is 4.13. The van der Waals surface area contributed by atoms with Gasteiger partial charge in [0.15, 0.2) is 0 Å². The van der Waals surface area contributed by atoms with Crippen LogP contribution in [0.2, 0.25) is 0 Å². The molecule has 0 radical (unpaired) electrons. The minimum Gasteiger partial charge on any atom is -0.341 e. The summed E-state index contributed by atoms with van der Waals surface area (Å²) in [6.45, 7) is 2.01. The van der Waals surface area contributed by atoms with Gasteiger partial charge in [-0.1, -0.05) is 25.3 Å². The third kappa shape index (κ3) is 2.27. The number of nitrogens with zero attached hydrogens (tertiary/aromatic N) is 2. The van der Waals surface area contributed by atoms with Crippen molar-refractivity contribution in [3.05, 3.63) is 29.6 Å². The molecule has 2 aliphatic carbocycles. The fourth-order valence-corrected chi connectivity index (χ4v) is 4.61. The largest absolute Gasteiger partial charge is 0.341 e. The minimum atomic E-state index is 0.0240. The molecule has 1 saturated carbocycles. The Hall–Kier alpha value is -1.38. The van der Waals surface area contributed by atoms with Gasteiger partial charge in [-0.2, -0.15) is 0 Å². The van der Waals surface area contributed by atoms with Crippen molar-refractivity contribution in [2.75, 3.05) is 13.1 Å². The van der Waals surface area contributed by atoms with Crippen molar-refractivity contribution in [2.45, 2.75) is 57.3 Å². The first-order chi connectivity index (χ1) is 10.3. The van der Waals surface area contributed by atoms with Crippen LogP contribution < -0.4 is 0 Å². The van der Waals surface area contributed by atoms with Crippen LogP contribution in [0.4, 0.5) is 0 Å². The van der Waals surface area contributed by atoms with E-state index in [1.807, 2.05) is 12.3 Å². The Morgan fingerprint density at radius 2 is 2.00 bits per heavy atom. The van der Waals surface area contributed by atoms with Gasteiger partial charge >= 0.3 is 0 Å². The Kier molecular flexibility index (Phi) is 3.24. The number of hydrogen-bond acceptors (Lipinski definition) is 2. The van der Waals surface area contributed by atoms with E-state index in [2.05, 4.69) is 16.0 Å². The Balaban J connectivity index is 1.47. The highest BCUT2D eigenvalue weighted by Crippen LogP contribution is 2.45. The van der Waals surface area contributed by atoms with Crippen molar-refractivity contribution < 1.29 is 4.79 Å². The molecule has 4 rings (SSSR count). The zero-order chi connectivity index (χ0) is 14.3. The Bertz CT molecular complexity index is 540. The van der Waals surface area contributed by atoms with E-state index in [1.165, 1.54) is 37.7 Å². The number of fused-ring (bicyclic) bond motifs is 1. The minimum absolute atomic E-state index is 0.0240. The summed E-state index contributed by atoms with van der Waals surface area (Å²) in [5.74, 6) is 0.363. The molecule has 2 fully saturated rings. The van der Waals surface area contributed by atoms with Crippen LogP contribution in [0.5, 0.6) is 0 Å². The van der Waals surface area contributed by atoms with E-state index < -0.39 is 0 Å². The van der Waals surface area contributed by atoms with Gasteiger partial charge in [-0.15, -0.1) is 0 Å². The van der Waals surface area contributed by atoms with E-state index in [4.69, 9.17) is 0 Å². The number of carbonyl (C=O) groups is 1. The molecule has 112 valence electrons. The van der Waals surface area contributed by atoms with Crippen molar-refractivity contribution in [3.63, 3.8) is 0 Å². The van der Waals surface area contributed by atoms with Gasteiger partial charge in [0.25, 0.3) is 0 Å². The van der Waals surface area contributed by atoms with Gasteiger partial charge in [0.2, 0.25) is 5.91 Å². The monoisotopic (exact) mass is 284 g/mol. The molecule has 0 bridgehead atoms. The maximum Gasteiger partial charge on any atom is 0.231 e. The number of carbonyl (C=O) groups excluding carboxylic acids is 1. The molecule has 1 spiro atoms. The number of likely N-dealkylation sites (tertiary alicyclic amines) is 1. The van der Waals surface area contributed by atoms with E-state index in [-0.39, 0.29) is 5.92 Å². The lowest BCUT2D eigenvalue weighted by atomic mass is 9.68. The van der Waals surface area contributed by atoms with Crippen LogP contribution in [0.1, 0.15) is 62.1 Å². The summed E-state index contributed by atoms with van der Waals surface area (Å²) in [5.41, 5.74) is 2.82. The zero-order valence-electron chi connectivity index (χ0n) is 12.7. The lowest BCUT2D eigenvalue weighted by Crippen LogP contribution is -2.60. The molecule has 1 amide bonds. The fourth-order valence-electron chi connectivity index (χ4n) is 4.61. The Morgan fingerprint density at radius 3 is 2.81 bits per heavy atom. The first-order valence-corrected chi connectivity index (χ1v) is 8.50. The first kappa shape index (κ1) is 13.3. The van der Waals surface area contributed by atoms with Crippen molar-refractivity contribution in [1.82, 2.24) is 9.88 Å². The number of rotatable bonds is 1. The highest BCUT2D eigenvalue weighted by Gasteiger charge is 2.47. The molecule has 2 heterocycles. The van der Waals surface area contributed by atoms with Crippen LogP contribution in [0.15, 0.2) is 18.3 Å². The SMILES string of the molecule is O=C(C1CCCc2cccnc21)N1CC2(CCCCC2)C1. The predicted octanol–water partition coefficient (Wildman–Crippen LogP) is 3.29. The molecule has 3 nitrogen and oxygen atoms in total. The second-order valence-corrected chi connectivity index (χ2v) is 7.25. The highest BCUT2D eigenvalue weighted by atomic mass is 16.2. The second kappa shape index (κ2) is 5.11.